The minimum absolute atomic E-state index is 0.610. The van der Waals surface area contributed by atoms with Crippen LogP contribution in [-0.2, 0) is 6.42 Å². The first-order valence-corrected chi connectivity index (χ1v) is 11.2. The van der Waals surface area contributed by atoms with E-state index in [9.17, 15) is 0 Å². The largest absolute Gasteiger partial charge is 0.229 e. The molecule has 1 aliphatic rings. The maximum Gasteiger partial charge on any atom is 0.205 e. The zero-order chi connectivity index (χ0) is 19.6. The molecule has 1 aliphatic carbocycles. The topological polar surface area (TPSA) is 25.8 Å². The molecule has 3 rings (SSSR count). The van der Waals surface area contributed by atoms with Crippen LogP contribution in [0.15, 0.2) is 36.7 Å². The average molecular weight is 375 g/mol. The molecule has 28 heavy (non-hydrogen) atoms. The van der Waals surface area contributed by atoms with E-state index in [1.54, 1.807) is 0 Å². The lowest BCUT2D eigenvalue weighted by molar-refractivity contribution is 0.319. The first-order chi connectivity index (χ1) is 13.8. The molecule has 0 bridgehead atoms. The van der Waals surface area contributed by atoms with Crippen molar-refractivity contribution in [1.82, 2.24) is 9.97 Å². The van der Waals surface area contributed by atoms with Gasteiger partial charge in [-0.25, -0.2) is 9.97 Å². The molecule has 0 radical (unpaired) electrons. The standard InChI is InChI=1S/C26H34N2/c1-3-5-6-7-8-23-19-27-26(28-20-23)18-13-22-11-16-25(17-12-22)24-14-9-21(4-2)10-15-24/h11-12,16-17,19-21,24H,3-10,14-15H2,1-2H3/t21-,24-. The number of rotatable bonds is 7. The summed E-state index contributed by atoms with van der Waals surface area (Å²) in [5.74, 6) is 8.61. The second-order valence-electron chi connectivity index (χ2n) is 8.22. The Morgan fingerprint density at radius 2 is 1.57 bits per heavy atom. The van der Waals surface area contributed by atoms with Crippen molar-refractivity contribution >= 4 is 0 Å². The van der Waals surface area contributed by atoms with Crippen molar-refractivity contribution < 1.29 is 0 Å². The van der Waals surface area contributed by atoms with Crippen LogP contribution in [0.4, 0.5) is 0 Å². The van der Waals surface area contributed by atoms with Crippen molar-refractivity contribution in [3.05, 3.63) is 59.2 Å². The van der Waals surface area contributed by atoms with Crippen LogP contribution in [0, 0.1) is 17.8 Å². The Morgan fingerprint density at radius 3 is 2.21 bits per heavy atom. The monoisotopic (exact) mass is 374 g/mol. The van der Waals surface area contributed by atoms with Gasteiger partial charge in [-0.15, -0.1) is 0 Å². The van der Waals surface area contributed by atoms with Crippen molar-refractivity contribution in [1.29, 1.82) is 0 Å². The molecule has 1 saturated carbocycles. The molecule has 1 heterocycles. The molecular formula is C26H34N2. The fourth-order valence-corrected chi connectivity index (χ4v) is 4.18. The third-order valence-corrected chi connectivity index (χ3v) is 6.15. The minimum Gasteiger partial charge on any atom is -0.229 e. The molecule has 0 atom stereocenters. The fourth-order valence-electron chi connectivity index (χ4n) is 4.18. The van der Waals surface area contributed by atoms with Gasteiger partial charge in [-0.2, -0.15) is 0 Å². The molecule has 2 aromatic rings. The lowest BCUT2D eigenvalue weighted by Crippen LogP contribution is -2.12. The van der Waals surface area contributed by atoms with Gasteiger partial charge in [-0.1, -0.05) is 57.6 Å². The summed E-state index contributed by atoms with van der Waals surface area (Å²) >= 11 is 0. The van der Waals surface area contributed by atoms with E-state index >= 15 is 0 Å². The van der Waals surface area contributed by atoms with E-state index in [-0.39, 0.29) is 0 Å². The number of hydrogen-bond donors (Lipinski definition) is 0. The maximum atomic E-state index is 4.41. The molecule has 1 aromatic heterocycles. The SMILES string of the molecule is CCCCCCc1cnc(C#Cc2ccc([C@H]3CC[C@H](CC)CC3)cc2)nc1. The van der Waals surface area contributed by atoms with Gasteiger partial charge in [0.15, 0.2) is 0 Å². The summed E-state index contributed by atoms with van der Waals surface area (Å²) in [5.41, 5.74) is 3.73. The summed E-state index contributed by atoms with van der Waals surface area (Å²) in [6.07, 6.45) is 16.8. The van der Waals surface area contributed by atoms with Crippen LogP contribution >= 0.6 is 0 Å². The Kier molecular flexibility index (Phi) is 8.09. The van der Waals surface area contributed by atoms with Crippen molar-refractivity contribution in [2.24, 2.45) is 5.92 Å². The first-order valence-electron chi connectivity index (χ1n) is 11.2. The number of aromatic nitrogens is 2. The molecule has 2 heteroatoms. The molecule has 1 aromatic carbocycles. The summed E-state index contributed by atoms with van der Waals surface area (Å²) in [4.78, 5) is 8.83. The third kappa shape index (κ3) is 6.20. The smallest absolute Gasteiger partial charge is 0.205 e. The number of nitrogens with zero attached hydrogens (tertiary/aromatic N) is 2. The van der Waals surface area contributed by atoms with Crippen LogP contribution in [0.2, 0.25) is 0 Å². The van der Waals surface area contributed by atoms with Gasteiger partial charge in [-0.05, 0) is 79.5 Å². The lowest BCUT2D eigenvalue weighted by atomic mass is 9.78. The van der Waals surface area contributed by atoms with Gasteiger partial charge in [-0.3, -0.25) is 0 Å². The van der Waals surface area contributed by atoms with Crippen molar-refractivity contribution in [3.8, 4) is 11.8 Å². The highest BCUT2D eigenvalue weighted by atomic mass is 14.8. The number of benzene rings is 1. The molecule has 1 fully saturated rings. The Labute approximate surface area is 171 Å². The van der Waals surface area contributed by atoms with Gasteiger partial charge in [0.25, 0.3) is 0 Å². The Hall–Kier alpha value is -2.14. The van der Waals surface area contributed by atoms with Gasteiger partial charge in [0.2, 0.25) is 5.82 Å². The van der Waals surface area contributed by atoms with Crippen LogP contribution < -0.4 is 0 Å². The van der Waals surface area contributed by atoms with Gasteiger partial charge in [0, 0.05) is 18.0 Å². The van der Waals surface area contributed by atoms with E-state index in [1.807, 2.05) is 12.4 Å². The van der Waals surface area contributed by atoms with Crippen LogP contribution in [0.25, 0.3) is 0 Å². The molecule has 0 amide bonds. The Balaban J connectivity index is 1.52. The molecular weight excluding hydrogens is 340 g/mol. The van der Waals surface area contributed by atoms with E-state index in [0.29, 0.717) is 5.82 Å². The lowest BCUT2D eigenvalue weighted by Gasteiger charge is -2.28. The van der Waals surface area contributed by atoms with E-state index < -0.39 is 0 Å². The first kappa shape index (κ1) is 20.6. The summed E-state index contributed by atoms with van der Waals surface area (Å²) in [6, 6.07) is 8.83. The second-order valence-corrected chi connectivity index (χ2v) is 8.22. The summed E-state index contributed by atoms with van der Waals surface area (Å²) in [5, 5.41) is 0. The summed E-state index contributed by atoms with van der Waals surface area (Å²) in [6.45, 7) is 4.56. The molecule has 0 spiro atoms. The van der Waals surface area contributed by atoms with Gasteiger partial charge in [0.1, 0.15) is 0 Å². The number of aryl methyl sites for hydroxylation is 1. The summed E-state index contributed by atoms with van der Waals surface area (Å²) < 4.78 is 0. The number of unbranched alkanes of at least 4 members (excludes halogenated alkanes) is 3. The average Bonchev–Trinajstić information content (AvgIpc) is 2.76. The zero-order valence-electron chi connectivity index (χ0n) is 17.6. The number of hydrogen-bond acceptors (Lipinski definition) is 2. The highest BCUT2D eigenvalue weighted by Gasteiger charge is 2.20. The van der Waals surface area contributed by atoms with Crippen LogP contribution in [-0.4, -0.2) is 9.97 Å². The van der Waals surface area contributed by atoms with E-state index in [2.05, 4.69) is 59.9 Å². The highest BCUT2D eigenvalue weighted by Crippen LogP contribution is 2.36. The minimum atomic E-state index is 0.610. The molecule has 2 nitrogen and oxygen atoms in total. The van der Waals surface area contributed by atoms with E-state index in [0.717, 1.165) is 23.8 Å². The van der Waals surface area contributed by atoms with Gasteiger partial charge < -0.3 is 0 Å². The molecule has 0 N–H and O–H groups in total. The molecule has 0 aliphatic heterocycles. The van der Waals surface area contributed by atoms with Crippen LogP contribution in [0.5, 0.6) is 0 Å². The maximum absolute atomic E-state index is 4.41. The molecule has 148 valence electrons. The van der Waals surface area contributed by atoms with Gasteiger partial charge >= 0.3 is 0 Å². The van der Waals surface area contributed by atoms with E-state index in [4.69, 9.17) is 0 Å². The Bertz CT molecular complexity index is 757. The van der Waals surface area contributed by atoms with Crippen LogP contribution in [0.1, 0.15) is 100 Å². The predicted molar refractivity (Wildman–Crippen MR) is 117 cm³/mol. The van der Waals surface area contributed by atoms with Gasteiger partial charge in [0.05, 0.1) is 0 Å². The Morgan fingerprint density at radius 1 is 0.857 bits per heavy atom. The normalized spacial score (nSPS) is 19.1. The quantitative estimate of drug-likeness (QED) is 0.399. The summed E-state index contributed by atoms with van der Waals surface area (Å²) in [7, 11) is 0. The fraction of sp³-hybridized carbons (Fsp3) is 0.538. The molecule has 0 saturated heterocycles. The highest BCUT2D eigenvalue weighted by molar-refractivity contribution is 5.40. The third-order valence-electron chi connectivity index (χ3n) is 6.15. The van der Waals surface area contributed by atoms with Crippen molar-refractivity contribution in [2.75, 3.05) is 0 Å². The molecule has 0 unspecified atom stereocenters. The van der Waals surface area contributed by atoms with Crippen LogP contribution in [0.3, 0.4) is 0 Å². The zero-order valence-corrected chi connectivity index (χ0v) is 17.6. The van der Waals surface area contributed by atoms with Crippen molar-refractivity contribution in [2.45, 2.75) is 84.0 Å². The predicted octanol–water partition coefficient (Wildman–Crippen LogP) is 6.68. The second kappa shape index (κ2) is 11.0. The van der Waals surface area contributed by atoms with E-state index in [1.165, 1.54) is 68.9 Å². The van der Waals surface area contributed by atoms with Crippen molar-refractivity contribution in [3.63, 3.8) is 0 Å².